The fourth-order valence-electron chi connectivity index (χ4n) is 4.37. The zero-order valence-corrected chi connectivity index (χ0v) is 22.1. The van der Waals surface area contributed by atoms with E-state index in [2.05, 4.69) is 48.2 Å². The normalized spacial score (nSPS) is 16.8. The molecule has 2 heterocycles. The van der Waals surface area contributed by atoms with Crippen LogP contribution in [0.5, 0.6) is 0 Å². The number of morpholine rings is 1. The summed E-state index contributed by atoms with van der Waals surface area (Å²) in [6, 6.07) is 18.5. The first-order valence-corrected chi connectivity index (χ1v) is 13.2. The van der Waals surface area contributed by atoms with Crippen LogP contribution in [0.3, 0.4) is 0 Å². The molecule has 1 aliphatic rings. The van der Waals surface area contributed by atoms with Gasteiger partial charge in [0.25, 0.3) is 0 Å². The minimum absolute atomic E-state index is 0.0174. The molecule has 6 nitrogen and oxygen atoms in total. The molecule has 184 valence electrons. The van der Waals surface area contributed by atoms with Crippen LogP contribution in [0.15, 0.2) is 48.5 Å². The summed E-state index contributed by atoms with van der Waals surface area (Å²) in [6.45, 7) is 12.2. The Morgan fingerprint density at radius 3 is 2.46 bits per heavy atom. The molecule has 3 aromatic rings. The molecule has 7 heteroatoms. The lowest BCUT2D eigenvalue weighted by Crippen LogP contribution is -2.36. The van der Waals surface area contributed by atoms with E-state index in [9.17, 15) is 9.47 Å². The first-order valence-electron chi connectivity index (χ1n) is 12.1. The van der Waals surface area contributed by atoms with Gasteiger partial charge in [0.05, 0.1) is 51.8 Å². The molecule has 2 unspecified atom stereocenters. The van der Waals surface area contributed by atoms with Crippen LogP contribution in [-0.2, 0) is 22.3 Å². The first-order chi connectivity index (χ1) is 16.7. The van der Waals surface area contributed by atoms with Crippen LogP contribution in [0.1, 0.15) is 50.4 Å². The molecule has 0 saturated carbocycles. The highest BCUT2D eigenvalue weighted by atomic mass is 32.2. The van der Waals surface area contributed by atoms with Crippen LogP contribution in [0.2, 0.25) is 0 Å². The summed E-state index contributed by atoms with van der Waals surface area (Å²) in [4.78, 5) is 7.32. The fraction of sp³-hybridized carbons (Fsp3) is 0.429. The van der Waals surface area contributed by atoms with Gasteiger partial charge < -0.3 is 4.74 Å². The van der Waals surface area contributed by atoms with Gasteiger partial charge in [-0.15, -0.1) is 0 Å². The molecule has 2 atom stereocenters. The van der Waals surface area contributed by atoms with E-state index in [0.717, 1.165) is 60.6 Å². The smallest absolute Gasteiger partial charge is 0.1000 e. The summed E-state index contributed by atoms with van der Waals surface area (Å²) in [7, 11) is 0.813. The van der Waals surface area contributed by atoms with E-state index < -0.39 is 11.0 Å². The Balaban J connectivity index is 1.67. The van der Waals surface area contributed by atoms with Crippen molar-refractivity contribution in [1.82, 2.24) is 14.2 Å². The van der Waals surface area contributed by atoms with Gasteiger partial charge in [-0.25, -0.2) is 13.5 Å². The number of nitriles is 1. The zero-order valence-electron chi connectivity index (χ0n) is 21.2. The summed E-state index contributed by atoms with van der Waals surface area (Å²) in [5.41, 5.74) is 5.67. The van der Waals surface area contributed by atoms with Crippen molar-refractivity contribution in [2.75, 3.05) is 33.4 Å². The number of rotatable bonds is 6. The Hall–Kier alpha value is -2.63. The van der Waals surface area contributed by atoms with E-state index in [1.165, 1.54) is 5.56 Å². The van der Waals surface area contributed by atoms with Crippen LogP contribution >= 0.6 is 0 Å². The van der Waals surface area contributed by atoms with Crippen molar-refractivity contribution < 1.29 is 8.95 Å². The molecule has 35 heavy (non-hydrogen) atoms. The van der Waals surface area contributed by atoms with Crippen molar-refractivity contribution in [2.45, 2.75) is 45.0 Å². The number of aromatic nitrogens is 1. The third kappa shape index (κ3) is 5.79. The maximum Gasteiger partial charge on any atom is 0.1000 e. The number of nitrogens with zero attached hydrogens (tertiary/aromatic N) is 4. The summed E-state index contributed by atoms with van der Waals surface area (Å²) >= 11 is 0. The monoisotopic (exact) mass is 490 g/mol. The minimum Gasteiger partial charge on any atom is -0.379 e. The van der Waals surface area contributed by atoms with Gasteiger partial charge in [0.1, 0.15) is 0 Å². The molecule has 2 aromatic carbocycles. The molecule has 1 saturated heterocycles. The van der Waals surface area contributed by atoms with Gasteiger partial charge >= 0.3 is 0 Å². The van der Waals surface area contributed by atoms with E-state index in [0.29, 0.717) is 5.56 Å². The van der Waals surface area contributed by atoms with Gasteiger partial charge in [-0.2, -0.15) is 5.26 Å². The molecule has 1 aromatic heterocycles. The van der Waals surface area contributed by atoms with Crippen molar-refractivity contribution in [3.8, 4) is 17.3 Å². The average molecular weight is 491 g/mol. The molecule has 1 aliphatic heterocycles. The van der Waals surface area contributed by atoms with Crippen LogP contribution in [-0.4, -0.2) is 56.5 Å². The van der Waals surface area contributed by atoms with E-state index in [1.54, 1.807) is 0 Å². The predicted octanol–water partition coefficient (Wildman–Crippen LogP) is 5.06. The maximum absolute atomic E-state index is 12.8. The van der Waals surface area contributed by atoms with Crippen LogP contribution in [0.4, 0.5) is 0 Å². The molecule has 0 amide bonds. The number of ether oxygens (including phenoxy) is 1. The Labute approximate surface area is 211 Å². The Bertz CT molecular complexity index is 1250. The quantitative estimate of drug-likeness (QED) is 0.483. The Kier molecular flexibility index (Phi) is 7.67. The van der Waals surface area contributed by atoms with Crippen LogP contribution in [0, 0.1) is 11.3 Å². The fourth-order valence-corrected chi connectivity index (χ4v) is 5.64. The number of hydrogen-bond acceptors (Lipinski definition) is 5. The second-order valence-electron chi connectivity index (χ2n) is 10.1. The van der Waals surface area contributed by atoms with Crippen molar-refractivity contribution in [1.29, 1.82) is 5.26 Å². The molecule has 4 rings (SSSR count). The minimum atomic E-state index is -1.10. The van der Waals surface area contributed by atoms with Crippen molar-refractivity contribution in [2.24, 2.45) is 0 Å². The highest BCUT2D eigenvalue weighted by molar-refractivity contribution is 7.84. The second-order valence-corrected chi connectivity index (χ2v) is 12.4. The van der Waals surface area contributed by atoms with Crippen molar-refractivity contribution in [3.05, 3.63) is 65.2 Å². The van der Waals surface area contributed by atoms with E-state index in [4.69, 9.17) is 9.72 Å². The van der Waals surface area contributed by atoms with Crippen molar-refractivity contribution >= 4 is 21.9 Å². The van der Waals surface area contributed by atoms with Gasteiger partial charge in [-0.3, -0.25) is 4.90 Å². The topological polar surface area (TPSA) is 69.5 Å². The predicted molar refractivity (Wildman–Crippen MR) is 142 cm³/mol. The maximum atomic E-state index is 12.8. The van der Waals surface area contributed by atoms with Gasteiger partial charge in [-0.1, -0.05) is 30.3 Å². The number of hydrogen-bond donors (Lipinski definition) is 0. The average Bonchev–Trinajstić information content (AvgIpc) is 2.87. The largest absolute Gasteiger partial charge is 0.379 e. The lowest BCUT2D eigenvalue weighted by Gasteiger charge is -2.30. The number of fused-ring (bicyclic) bond motifs is 1. The number of pyridine rings is 1. The van der Waals surface area contributed by atoms with E-state index in [1.807, 2.05) is 50.3 Å². The molecule has 0 bridgehead atoms. The molecule has 0 aliphatic carbocycles. The van der Waals surface area contributed by atoms with Gasteiger partial charge in [0.2, 0.25) is 0 Å². The van der Waals surface area contributed by atoms with Gasteiger partial charge in [0.15, 0.2) is 0 Å². The van der Waals surface area contributed by atoms with Gasteiger partial charge in [0, 0.05) is 43.7 Å². The third-order valence-electron chi connectivity index (χ3n) is 6.54. The SMILES string of the molecule is CC(c1ccc(-c2cc(CN3CCOCC3)c3ccc(C#N)cc3n2)cc1)N(C)S(=O)C(C)(C)C. The Morgan fingerprint density at radius 2 is 1.83 bits per heavy atom. The summed E-state index contributed by atoms with van der Waals surface area (Å²) in [5.74, 6) is 0. The second kappa shape index (κ2) is 10.5. The molecule has 0 radical (unpaired) electrons. The number of benzene rings is 2. The summed E-state index contributed by atoms with van der Waals surface area (Å²) in [5, 5.41) is 10.5. The van der Waals surface area contributed by atoms with Crippen LogP contribution in [0.25, 0.3) is 22.2 Å². The molecular formula is C28H34N4O2S. The highest BCUT2D eigenvalue weighted by Crippen LogP contribution is 2.30. The third-order valence-corrected chi connectivity index (χ3v) is 8.43. The summed E-state index contributed by atoms with van der Waals surface area (Å²) in [6.07, 6.45) is 0. The zero-order chi connectivity index (χ0) is 25.2. The highest BCUT2D eigenvalue weighted by Gasteiger charge is 2.27. The lowest BCUT2D eigenvalue weighted by atomic mass is 10.0. The molecule has 0 N–H and O–H groups in total. The van der Waals surface area contributed by atoms with Crippen molar-refractivity contribution in [3.63, 3.8) is 0 Å². The first kappa shape index (κ1) is 25.5. The standard InChI is InChI=1S/C28H34N4O2S/c1-20(31(5)35(33)28(2,3)4)22-7-9-23(10-8-22)26-17-24(19-32-12-14-34-15-13-32)25-11-6-21(18-29)16-27(25)30-26/h6-11,16-17,20H,12-15,19H2,1-5H3. The molecule has 1 fully saturated rings. The van der Waals surface area contributed by atoms with E-state index >= 15 is 0 Å². The summed E-state index contributed by atoms with van der Waals surface area (Å²) < 4.78 is 20.0. The van der Waals surface area contributed by atoms with Gasteiger partial charge in [-0.05, 0) is 57.0 Å². The molecule has 0 spiro atoms. The van der Waals surface area contributed by atoms with E-state index in [-0.39, 0.29) is 10.8 Å². The van der Waals surface area contributed by atoms with Crippen LogP contribution < -0.4 is 0 Å². The Morgan fingerprint density at radius 1 is 1.14 bits per heavy atom. The molecular weight excluding hydrogens is 456 g/mol. The lowest BCUT2D eigenvalue weighted by molar-refractivity contribution is 0.0344.